The predicted octanol–water partition coefficient (Wildman–Crippen LogP) is 6.17. The Balaban J connectivity index is 1.33. The molecule has 1 aromatic heterocycles. The number of fused-ring (bicyclic) bond motifs is 2. The molecule has 0 unspecified atom stereocenters. The lowest BCUT2D eigenvalue weighted by Gasteiger charge is -2.31. The van der Waals surface area contributed by atoms with Gasteiger partial charge in [-0.2, -0.15) is 0 Å². The van der Waals surface area contributed by atoms with Crippen molar-refractivity contribution in [3.8, 4) is 0 Å². The highest BCUT2D eigenvalue weighted by atomic mass is 35.5. The number of benzene rings is 3. The van der Waals surface area contributed by atoms with Crippen molar-refractivity contribution in [3.05, 3.63) is 101 Å². The van der Waals surface area contributed by atoms with Crippen LogP contribution in [0.25, 0.3) is 0 Å². The van der Waals surface area contributed by atoms with E-state index < -0.39 is 31.6 Å². The lowest BCUT2D eigenvalue weighted by molar-refractivity contribution is -0.146. The molecule has 2 aliphatic rings. The molecule has 1 N–H and O–H groups in total. The minimum atomic E-state index is -3.35. The number of aryl methyl sites for hydroxylation is 1. The molecule has 2 aliphatic heterocycles. The third kappa shape index (κ3) is 5.77. The van der Waals surface area contributed by atoms with Crippen molar-refractivity contribution in [1.82, 2.24) is 15.0 Å². The van der Waals surface area contributed by atoms with Crippen LogP contribution in [-0.4, -0.2) is 53.5 Å². The normalized spacial score (nSPS) is 22.4. The second kappa shape index (κ2) is 12.7. The summed E-state index contributed by atoms with van der Waals surface area (Å²) in [6.45, 7) is 5.88. The summed E-state index contributed by atoms with van der Waals surface area (Å²) in [5, 5.41) is 18.0. The second-order valence-corrected chi connectivity index (χ2v) is 16.8. The number of para-hydroxylation sites is 1. The van der Waals surface area contributed by atoms with Crippen molar-refractivity contribution in [2.45, 2.75) is 63.2 Å². The van der Waals surface area contributed by atoms with Gasteiger partial charge in [0.05, 0.1) is 24.0 Å². The number of aliphatic hydroxyl groups is 1. The summed E-state index contributed by atoms with van der Waals surface area (Å²) in [4.78, 5) is 30.1. The van der Waals surface area contributed by atoms with E-state index in [9.17, 15) is 14.7 Å². The number of ether oxygens (including phenoxy) is 1. The monoisotopic (exact) mass is 661 g/mol. The van der Waals surface area contributed by atoms with Crippen LogP contribution in [0, 0.1) is 5.92 Å². The van der Waals surface area contributed by atoms with E-state index in [0.717, 1.165) is 17.7 Å². The van der Waals surface area contributed by atoms with Crippen LogP contribution in [0.15, 0.2) is 79.0 Å². The molecule has 6 rings (SSSR count). The zero-order valence-corrected chi connectivity index (χ0v) is 27.8. The van der Waals surface area contributed by atoms with Gasteiger partial charge in [-0.05, 0) is 67.5 Å². The number of rotatable bonds is 11. The van der Waals surface area contributed by atoms with Crippen LogP contribution in [0.1, 0.15) is 30.2 Å². The fourth-order valence-corrected chi connectivity index (χ4v) is 9.94. The van der Waals surface area contributed by atoms with Gasteiger partial charge in [-0.25, -0.2) is 0 Å². The molecule has 1 fully saturated rings. The number of nitrogens with zero attached hydrogens (tertiary/aromatic N) is 5. The maximum atomic E-state index is 16.2. The van der Waals surface area contributed by atoms with E-state index >= 15 is 4.11 Å². The molecule has 9 nitrogen and oxygen atoms in total. The summed E-state index contributed by atoms with van der Waals surface area (Å²) in [6.07, 6.45) is 2.83. The smallest absolute Gasteiger partial charge is 0.264 e. The maximum Gasteiger partial charge on any atom is 0.264 e. The van der Waals surface area contributed by atoms with Gasteiger partial charge in [-0.1, -0.05) is 54.1 Å². The molecule has 4 atom stereocenters. The van der Waals surface area contributed by atoms with E-state index in [4.69, 9.17) is 16.3 Å². The number of halogens is 2. The number of carbonyl (C=O) groups is 2. The van der Waals surface area contributed by atoms with Crippen LogP contribution in [0.3, 0.4) is 0 Å². The van der Waals surface area contributed by atoms with Gasteiger partial charge in [0.1, 0.15) is 0 Å². The van der Waals surface area contributed by atoms with Gasteiger partial charge in [0.15, 0.2) is 5.60 Å². The van der Waals surface area contributed by atoms with E-state index in [2.05, 4.69) is 10.3 Å². The molecular formula is C34H37ClFN5O4Si. The zero-order chi connectivity index (χ0) is 32.6. The first-order valence-electron chi connectivity index (χ1n) is 15.4. The van der Waals surface area contributed by atoms with Crippen molar-refractivity contribution in [2.24, 2.45) is 5.92 Å². The summed E-state index contributed by atoms with van der Waals surface area (Å²) in [6, 6.07) is 22.2. The van der Waals surface area contributed by atoms with E-state index in [1.54, 1.807) is 45.9 Å². The van der Waals surface area contributed by atoms with Gasteiger partial charge in [0, 0.05) is 59.2 Å². The topological polar surface area (TPSA) is 101 Å². The summed E-state index contributed by atoms with van der Waals surface area (Å²) < 4.78 is 24.7. The first-order chi connectivity index (χ1) is 22.1. The van der Waals surface area contributed by atoms with E-state index in [1.165, 1.54) is 0 Å². The molecule has 46 heavy (non-hydrogen) atoms. The van der Waals surface area contributed by atoms with Crippen LogP contribution in [0.2, 0.25) is 23.7 Å². The lowest BCUT2D eigenvalue weighted by atomic mass is 9.82. The van der Waals surface area contributed by atoms with Crippen molar-refractivity contribution < 1.29 is 23.5 Å². The molecule has 4 aromatic rings. The van der Waals surface area contributed by atoms with Gasteiger partial charge in [-0.15, -0.1) is 5.10 Å². The molecule has 0 saturated carbocycles. The Morgan fingerprint density at radius 1 is 1.11 bits per heavy atom. The number of hydrogen-bond acceptors (Lipinski definition) is 6. The molecule has 0 radical (unpaired) electrons. The summed E-state index contributed by atoms with van der Waals surface area (Å²) in [5.41, 5.74) is 2.31. The highest BCUT2D eigenvalue weighted by Gasteiger charge is 2.66. The van der Waals surface area contributed by atoms with Gasteiger partial charge in [-0.3, -0.25) is 19.2 Å². The molecular weight excluding hydrogens is 625 g/mol. The van der Waals surface area contributed by atoms with Crippen LogP contribution in [0.5, 0.6) is 0 Å². The molecule has 3 heterocycles. The molecule has 0 aliphatic carbocycles. The minimum absolute atomic E-state index is 0.0264. The maximum absolute atomic E-state index is 16.2. The number of aliphatic hydroxyl groups excluding tert-OH is 1. The van der Waals surface area contributed by atoms with E-state index in [-0.39, 0.29) is 19.1 Å². The molecule has 240 valence electrons. The second-order valence-electron chi connectivity index (χ2n) is 12.5. The summed E-state index contributed by atoms with van der Waals surface area (Å²) in [7, 11) is -3.35. The Hall–Kier alpha value is -3.90. The average Bonchev–Trinajstić information content (AvgIpc) is 3.67. The predicted molar refractivity (Wildman–Crippen MR) is 177 cm³/mol. The molecule has 12 heteroatoms. The van der Waals surface area contributed by atoms with Crippen LogP contribution >= 0.6 is 11.6 Å². The van der Waals surface area contributed by atoms with Crippen LogP contribution < -0.4 is 9.80 Å². The standard InChI is InChI=1S/C34H37ClFN5O4Si/c1-23-32(46(2,3)36)31(14-16-39-21-26(15-17-42)37-38-39)45-34(23)29-19-25(35)12-13-30(29)40(33(34)44)20-24-8-7-11-28(18-24)41(22-43)27-9-5-4-6-10-27/h4-13,18-19,21-23,31-32,42H,14-17,20H2,1-3H3/t23-,31+,32-,34+/m0/s1. The number of hydrogen-bond donors (Lipinski definition) is 1. The lowest BCUT2D eigenvalue weighted by Crippen LogP contribution is -2.45. The number of anilines is 3. The van der Waals surface area contributed by atoms with Gasteiger partial charge >= 0.3 is 0 Å². The van der Waals surface area contributed by atoms with Crippen molar-refractivity contribution >= 4 is 49.4 Å². The van der Waals surface area contributed by atoms with Gasteiger partial charge in [0.2, 0.25) is 14.8 Å². The number of aromatic nitrogens is 3. The first kappa shape index (κ1) is 32.1. The third-order valence-electron chi connectivity index (χ3n) is 9.19. The van der Waals surface area contributed by atoms with Crippen molar-refractivity contribution in [1.29, 1.82) is 0 Å². The van der Waals surface area contributed by atoms with E-state index in [1.807, 2.05) is 67.6 Å². The SMILES string of the molecule is C[C@H]1[C@H]([Si](C)(C)F)[C@@H](CCn2cc(CCO)nn2)O[C@]12C(=O)N(Cc1cccc(N(C=O)c3ccccc3)c1)c1ccc(Cl)cc12. The third-order valence-corrected chi connectivity index (χ3v) is 11.9. The Labute approximate surface area is 273 Å². The Kier molecular flexibility index (Phi) is 8.86. The number of carbonyl (C=O) groups excluding carboxylic acids is 2. The fraction of sp³-hybridized carbons (Fsp3) is 0.353. The van der Waals surface area contributed by atoms with Crippen molar-refractivity contribution in [3.63, 3.8) is 0 Å². The zero-order valence-electron chi connectivity index (χ0n) is 26.0. The Bertz CT molecular complexity index is 1730. The number of amides is 2. The molecule has 0 bridgehead atoms. The highest BCUT2D eigenvalue weighted by molar-refractivity contribution is 6.72. The quantitative estimate of drug-likeness (QED) is 0.117. The van der Waals surface area contributed by atoms with Crippen LogP contribution in [-0.2, 0) is 39.4 Å². The van der Waals surface area contributed by atoms with E-state index in [0.29, 0.717) is 47.0 Å². The van der Waals surface area contributed by atoms with Crippen LogP contribution in [0.4, 0.5) is 21.2 Å². The summed E-state index contributed by atoms with van der Waals surface area (Å²) >= 11 is 6.52. The molecule has 2 amide bonds. The highest BCUT2D eigenvalue weighted by Crippen LogP contribution is 2.60. The molecule has 1 saturated heterocycles. The Morgan fingerprint density at radius 3 is 2.59 bits per heavy atom. The van der Waals surface area contributed by atoms with Gasteiger partial charge < -0.3 is 18.9 Å². The largest absolute Gasteiger partial charge is 0.396 e. The van der Waals surface area contributed by atoms with Gasteiger partial charge in [0.25, 0.3) is 5.91 Å². The average molecular weight is 662 g/mol. The Morgan fingerprint density at radius 2 is 1.87 bits per heavy atom. The summed E-state index contributed by atoms with van der Waals surface area (Å²) in [5.74, 6) is -0.718. The molecule has 3 aromatic carbocycles. The molecule has 1 spiro atoms. The fourth-order valence-electron chi connectivity index (χ4n) is 7.23. The minimum Gasteiger partial charge on any atom is -0.396 e. The first-order valence-corrected chi connectivity index (χ1v) is 18.8. The van der Waals surface area contributed by atoms with Crippen molar-refractivity contribution in [2.75, 3.05) is 16.4 Å².